The van der Waals surface area contributed by atoms with E-state index in [9.17, 15) is 9.59 Å². The molecule has 3 aromatic rings. The van der Waals surface area contributed by atoms with E-state index in [2.05, 4.69) is 5.32 Å². The Labute approximate surface area is 161 Å². The molecule has 28 heavy (non-hydrogen) atoms. The lowest BCUT2D eigenvalue weighted by molar-refractivity contribution is -0.123. The van der Waals surface area contributed by atoms with Gasteiger partial charge in [0.1, 0.15) is 11.3 Å². The molecule has 146 valence electrons. The summed E-state index contributed by atoms with van der Waals surface area (Å²) >= 11 is 0. The van der Waals surface area contributed by atoms with Gasteiger partial charge in [-0.1, -0.05) is 6.07 Å². The minimum absolute atomic E-state index is 0.158. The highest BCUT2D eigenvalue weighted by molar-refractivity contribution is 5.81. The van der Waals surface area contributed by atoms with E-state index < -0.39 is 5.63 Å². The summed E-state index contributed by atoms with van der Waals surface area (Å²) in [6.45, 7) is 2.00. The highest BCUT2D eigenvalue weighted by atomic mass is 16.5. The molecule has 0 aliphatic heterocycles. The highest BCUT2D eigenvalue weighted by Gasteiger charge is 2.08. The summed E-state index contributed by atoms with van der Waals surface area (Å²) in [5.41, 5.74) is 1.70. The second-order valence-corrected chi connectivity index (χ2v) is 6.16. The van der Waals surface area contributed by atoms with Crippen molar-refractivity contribution in [1.82, 2.24) is 5.32 Å². The molecule has 1 N–H and O–H groups in total. The van der Waals surface area contributed by atoms with E-state index in [-0.39, 0.29) is 12.5 Å². The molecule has 1 amide bonds. The fraction of sp³-hybridized carbons (Fsp3) is 0.238. The predicted octanol–water partition coefficient (Wildman–Crippen LogP) is 2.81. The number of aryl methyl sites for hydroxylation is 1. The summed E-state index contributed by atoms with van der Waals surface area (Å²) in [5, 5.41) is 3.60. The molecule has 0 aliphatic carbocycles. The lowest BCUT2D eigenvalue weighted by Crippen LogP contribution is -2.28. The average molecular weight is 383 g/mol. The van der Waals surface area contributed by atoms with Gasteiger partial charge >= 0.3 is 5.63 Å². The fourth-order valence-electron chi connectivity index (χ4n) is 2.79. The molecule has 2 aromatic carbocycles. The van der Waals surface area contributed by atoms with Crippen LogP contribution in [0.4, 0.5) is 0 Å². The van der Waals surface area contributed by atoms with Gasteiger partial charge in [0.15, 0.2) is 18.1 Å². The SMILES string of the molecule is COc1ccc(CNC(=O)COc2ccc3c(C)cc(=O)oc3c2)cc1OC. The Kier molecular flexibility index (Phi) is 5.84. The Hall–Kier alpha value is -3.48. The average Bonchev–Trinajstić information content (AvgIpc) is 2.69. The summed E-state index contributed by atoms with van der Waals surface area (Å²) in [5.74, 6) is 1.39. The Morgan fingerprint density at radius 3 is 2.57 bits per heavy atom. The number of carbonyl (C=O) groups excluding carboxylic acids is 1. The summed E-state index contributed by atoms with van der Waals surface area (Å²) in [4.78, 5) is 23.6. The van der Waals surface area contributed by atoms with Crippen LogP contribution in [-0.2, 0) is 11.3 Å². The van der Waals surface area contributed by atoms with Gasteiger partial charge in [0.05, 0.1) is 14.2 Å². The number of benzene rings is 2. The van der Waals surface area contributed by atoms with E-state index in [0.717, 1.165) is 16.5 Å². The largest absolute Gasteiger partial charge is 0.493 e. The molecule has 0 bridgehead atoms. The second kappa shape index (κ2) is 8.47. The number of fused-ring (bicyclic) bond motifs is 1. The Bertz CT molecular complexity index is 1060. The summed E-state index contributed by atoms with van der Waals surface area (Å²) in [6.07, 6.45) is 0. The van der Waals surface area contributed by atoms with Crippen LogP contribution in [0.25, 0.3) is 11.0 Å². The van der Waals surface area contributed by atoms with Crippen LogP contribution in [0, 0.1) is 6.92 Å². The van der Waals surface area contributed by atoms with Gasteiger partial charge in [-0.25, -0.2) is 4.79 Å². The normalized spacial score (nSPS) is 10.5. The van der Waals surface area contributed by atoms with Crippen molar-refractivity contribution in [2.75, 3.05) is 20.8 Å². The van der Waals surface area contributed by atoms with Crippen molar-refractivity contribution < 1.29 is 23.4 Å². The first-order valence-electron chi connectivity index (χ1n) is 8.65. The molecule has 7 heteroatoms. The molecule has 0 saturated carbocycles. The summed E-state index contributed by atoms with van der Waals surface area (Å²) in [7, 11) is 3.12. The number of ether oxygens (including phenoxy) is 3. The quantitative estimate of drug-likeness (QED) is 0.632. The van der Waals surface area contributed by atoms with Crippen LogP contribution in [0.2, 0.25) is 0 Å². The number of carbonyl (C=O) groups is 1. The molecule has 0 aliphatic rings. The van der Waals surface area contributed by atoms with Gasteiger partial charge in [0.2, 0.25) is 0 Å². The van der Waals surface area contributed by atoms with E-state index in [1.807, 2.05) is 13.0 Å². The molecule has 0 atom stereocenters. The first-order chi connectivity index (χ1) is 13.5. The third-order valence-corrected chi connectivity index (χ3v) is 4.23. The van der Waals surface area contributed by atoms with Crippen LogP contribution in [0.3, 0.4) is 0 Å². The maximum Gasteiger partial charge on any atom is 0.336 e. The minimum atomic E-state index is -0.421. The lowest BCUT2D eigenvalue weighted by atomic mass is 10.1. The van der Waals surface area contributed by atoms with Crippen molar-refractivity contribution >= 4 is 16.9 Å². The fourth-order valence-corrected chi connectivity index (χ4v) is 2.79. The number of rotatable bonds is 7. The summed E-state index contributed by atoms with van der Waals surface area (Å²) in [6, 6.07) is 12.0. The molecule has 1 heterocycles. The topological polar surface area (TPSA) is 87.0 Å². The molecule has 7 nitrogen and oxygen atoms in total. The van der Waals surface area contributed by atoms with E-state index in [0.29, 0.717) is 29.4 Å². The second-order valence-electron chi connectivity index (χ2n) is 6.16. The van der Waals surface area contributed by atoms with Gasteiger partial charge in [0.25, 0.3) is 5.91 Å². The zero-order valence-corrected chi connectivity index (χ0v) is 15.9. The van der Waals surface area contributed by atoms with Crippen molar-refractivity contribution in [1.29, 1.82) is 0 Å². The van der Waals surface area contributed by atoms with E-state index in [1.165, 1.54) is 6.07 Å². The Morgan fingerprint density at radius 1 is 1.04 bits per heavy atom. The van der Waals surface area contributed by atoms with Gasteiger partial charge in [-0.05, 0) is 42.3 Å². The van der Waals surface area contributed by atoms with Crippen LogP contribution >= 0.6 is 0 Å². The summed E-state index contributed by atoms with van der Waals surface area (Å²) < 4.78 is 21.1. The third kappa shape index (κ3) is 4.43. The Balaban J connectivity index is 1.58. The van der Waals surface area contributed by atoms with Gasteiger partial charge in [-0.15, -0.1) is 0 Å². The molecule has 0 spiro atoms. The van der Waals surface area contributed by atoms with Crippen molar-refractivity contribution in [2.45, 2.75) is 13.5 Å². The minimum Gasteiger partial charge on any atom is -0.493 e. The maximum atomic E-state index is 12.1. The maximum absolute atomic E-state index is 12.1. The Morgan fingerprint density at radius 2 is 1.82 bits per heavy atom. The van der Waals surface area contributed by atoms with Crippen molar-refractivity contribution in [2.24, 2.45) is 0 Å². The number of hydrogen-bond acceptors (Lipinski definition) is 6. The molecule has 0 fully saturated rings. The molecular formula is C21H21NO6. The monoisotopic (exact) mass is 383 g/mol. The molecule has 0 radical (unpaired) electrons. The zero-order valence-electron chi connectivity index (χ0n) is 15.9. The smallest absolute Gasteiger partial charge is 0.336 e. The molecular weight excluding hydrogens is 362 g/mol. The number of methoxy groups -OCH3 is 2. The van der Waals surface area contributed by atoms with Gasteiger partial charge in [-0.3, -0.25) is 4.79 Å². The van der Waals surface area contributed by atoms with E-state index in [4.69, 9.17) is 18.6 Å². The van der Waals surface area contributed by atoms with Crippen molar-refractivity contribution in [3.8, 4) is 17.2 Å². The van der Waals surface area contributed by atoms with Gasteiger partial charge in [0, 0.05) is 24.1 Å². The van der Waals surface area contributed by atoms with E-state index in [1.54, 1.807) is 44.6 Å². The van der Waals surface area contributed by atoms with Crippen molar-refractivity contribution in [3.63, 3.8) is 0 Å². The molecule has 0 saturated heterocycles. The number of nitrogens with one attached hydrogen (secondary N) is 1. The van der Waals surface area contributed by atoms with Crippen LogP contribution in [0.1, 0.15) is 11.1 Å². The molecule has 0 unspecified atom stereocenters. The lowest BCUT2D eigenvalue weighted by Gasteiger charge is -2.11. The zero-order chi connectivity index (χ0) is 20.1. The highest BCUT2D eigenvalue weighted by Crippen LogP contribution is 2.27. The van der Waals surface area contributed by atoms with Crippen molar-refractivity contribution in [3.05, 3.63) is 64.0 Å². The standard InChI is InChI=1S/C21H21NO6/c1-13-8-21(24)28-18-10-15(5-6-16(13)18)27-12-20(23)22-11-14-4-7-17(25-2)19(9-14)26-3/h4-10H,11-12H2,1-3H3,(H,22,23). The van der Waals surface area contributed by atoms with Crippen LogP contribution in [0.5, 0.6) is 17.2 Å². The van der Waals surface area contributed by atoms with E-state index >= 15 is 0 Å². The third-order valence-electron chi connectivity index (χ3n) is 4.23. The first-order valence-corrected chi connectivity index (χ1v) is 8.65. The van der Waals surface area contributed by atoms with Crippen LogP contribution < -0.4 is 25.2 Å². The number of hydrogen-bond donors (Lipinski definition) is 1. The number of amides is 1. The van der Waals surface area contributed by atoms with Gasteiger partial charge < -0.3 is 23.9 Å². The first kappa shape index (κ1) is 19.3. The predicted molar refractivity (Wildman–Crippen MR) is 104 cm³/mol. The molecule has 1 aromatic heterocycles. The van der Waals surface area contributed by atoms with Gasteiger partial charge in [-0.2, -0.15) is 0 Å². The van der Waals surface area contributed by atoms with Crippen LogP contribution in [-0.4, -0.2) is 26.7 Å². The molecule has 3 rings (SSSR count). The van der Waals surface area contributed by atoms with Crippen LogP contribution in [0.15, 0.2) is 51.7 Å².